The van der Waals surface area contributed by atoms with E-state index in [-0.39, 0.29) is 6.03 Å². The molecule has 27 heavy (non-hydrogen) atoms. The average Bonchev–Trinajstić information content (AvgIpc) is 2.69. The molecular weight excluding hydrogens is 338 g/mol. The second-order valence-electron chi connectivity index (χ2n) is 8.24. The molecule has 1 aromatic heterocycles. The molecule has 1 atom stereocenters. The zero-order chi connectivity index (χ0) is 19.1. The number of amides is 2. The Morgan fingerprint density at radius 1 is 1.22 bits per heavy atom. The fourth-order valence-corrected chi connectivity index (χ4v) is 4.26. The number of piperidine rings is 1. The van der Waals surface area contributed by atoms with Gasteiger partial charge in [-0.15, -0.1) is 0 Å². The highest BCUT2D eigenvalue weighted by Gasteiger charge is 2.24. The lowest BCUT2D eigenvalue weighted by atomic mass is 9.98. The quantitative estimate of drug-likeness (QED) is 0.833. The van der Waals surface area contributed by atoms with Gasteiger partial charge >= 0.3 is 6.03 Å². The van der Waals surface area contributed by atoms with Crippen molar-refractivity contribution in [3.8, 4) is 0 Å². The van der Waals surface area contributed by atoms with E-state index < -0.39 is 0 Å². The minimum Gasteiger partial charge on any atom is -0.367 e. The summed E-state index contributed by atoms with van der Waals surface area (Å²) in [6, 6.07) is 4.76. The van der Waals surface area contributed by atoms with Crippen molar-refractivity contribution in [2.75, 3.05) is 50.7 Å². The molecule has 0 spiro atoms. The molecule has 2 saturated heterocycles. The molecule has 3 heterocycles. The van der Waals surface area contributed by atoms with Gasteiger partial charge in [0.15, 0.2) is 0 Å². The summed E-state index contributed by atoms with van der Waals surface area (Å²) >= 11 is 0. The first kappa shape index (κ1) is 19.9. The summed E-state index contributed by atoms with van der Waals surface area (Å²) in [6.45, 7) is 11.0. The average molecular weight is 374 g/mol. The highest BCUT2D eigenvalue weighted by atomic mass is 16.2. The van der Waals surface area contributed by atoms with E-state index in [1.165, 1.54) is 32.4 Å². The second-order valence-corrected chi connectivity index (χ2v) is 8.24. The minimum atomic E-state index is 0.0899. The van der Waals surface area contributed by atoms with Crippen LogP contribution in [-0.4, -0.2) is 72.7 Å². The maximum Gasteiger partial charge on any atom is 0.317 e. The van der Waals surface area contributed by atoms with Crippen LogP contribution >= 0.6 is 0 Å². The predicted octanol–water partition coefficient (Wildman–Crippen LogP) is 2.81. The summed E-state index contributed by atoms with van der Waals surface area (Å²) in [5, 5.41) is 3.16. The molecule has 1 aromatic rings. The molecule has 0 saturated carbocycles. The monoisotopic (exact) mass is 373 g/mol. The lowest BCUT2D eigenvalue weighted by Gasteiger charge is -2.37. The van der Waals surface area contributed by atoms with Crippen molar-refractivity contribution in [3.63, 3.8) is 0 Å². The number of hydrogen-bond acceptors (Lipinski definition) is 4. The summed E-state index contributed by atoms with van der Waals surface area (Å²) in [4.78, 5) is 23.6. The van der Waals surface area contributed by atoms with Gasteiger partial charge in [0.05, 0.1) is 11.9 Å². The highest BCUT2D eigenvalue weighted by molar-refractivity contribution is 5.74. The number of rotatable bonds is 6. The van der Waals surface area contributed by atoms with Crippen LogP contribution in [0, 0.1) is 5.92 Å². The number of aromatic nitrogens is 1. The van der Waals surface area contributed by atoms with Crippen molar-refractivity contribution < 1.29 is 4.79 Å². The molecule has 2 aliphatic rings. The number of carbonyl (C=O) groups excluding carboxylic acids is 1. The fraction of sp³-hybridized carbons (Fsp3) is 0.714. The van der Waals surface area contributed by atoms with Crippen LogP contribution in [0.2, 0.25) is 0 Å². The third-order valence-electron chi connectivity index (χ3n) is 5.68. The van der Waals surface area contributed by atoms with Gasteiger partial charge in [-0.25, -0.2) is 4.79 Å². The summed E-state index contributed by atoms with van der Waals surface area (Å²) in [6.07, 6.45) is 8.66. The van der Waals surface area contributed by atoms with E-state index in [2.05, 4.69) is 40.0 Å². The van der Waals surface area contributed by atoms with Crippen LogP contribution in [0.25, 0.3) is 0 Å². The first-order valence-electron chi connectivity index (χ1n) is 10.6. The Balaban J connectivity index is 1.38. The summed E-state index contributed by atoms with van der Waals surface area (Å²) in [7, 11) is 0. The lowest BCUT2D eigenvalue weighted by Crippen LogP contribution is -2.52. The highest BCUT2D eigenvalue weighted by Crippen LogP contribution is 2.20. The Morgan fingerprint density at radius 2 is 2.04 bits per heavy atom. The molecule has 150 valence electrons. The first-order valence-corrected chi connectivity index (χ1v) is 10.6. The Morgan fingerprint density at radius 3 is 2.74 bits per heavy atom. The molecule has 0 aromatic carbocycles. The third kappa shape index (κ3) is 5.83. The van der Waals surface area contributed by atoms with E-state index in [0.29, 0.717) is 12.0 Å². The normalized spacial score (nSPS) is 21.5. The minimum absolute atomic E-state index is 0.0899. The molecule has 2 amide bonds. The van der Waals surface area contributed by atoms with E-state index in [1.54, 1.807) is 6.20 Å². The van der Waals surface area contributed by atoms with Crippen molar-refractivity contribution in [2.24, 2.45) is 5.92 Å². The van der Waals surface area contributed by atoms with Crippen molar-refractivity contribution in [1.29, 1.82) is 0 Å². The maximum atomic E-state index is 12.5. The van der Waals surface area contributed by atoms with Crippen LogP contribution in [0.3, 0.4) is 0 Å². The molecule has 2 fully saturated rings. The van der Waals surface area contributed by atoms with Crippen molar-refractivity contribution in [1.82, 2.24) is 20.1 Å². The second kappa shape index (κ2) is 9.93. The topological polar surface area (TPSA) is 51.7 Å². The number of pyridine rings is 1. The van der Waals surface area contributed by atoms with Gasteiger partial charge in [-0.05, 0) is 43.9 Å². The van der Waals surface area contributed by atoms with Crippen LogP contribution in [0.15, 0.2) is 24.5 Å². The van der Waals surface area contributed by atoms with Crippen LogP contribution < -0.4 is 10.2 Å². The van der Waals surface area contributed by atoms with E-state index in [9.17, 15) is 4.79 Å². The molecule has 6 nitrogen and oxygen atoms in total. The summed E-state index contributed by atoms with van der Waals surface area (Å²) in [5.74, 6) is 0.705. The molecule has 0 bridgehead atoms. The van der Waals surface area contributed by atoms with Gasteiger partial charge in [-0.1, -0.05) is 20.3 Å². The molecule has 0 unspecified atom stereocenters. The number of carbonyl (C=O) groups is 1. The van der Waals surface area contributed by atoms with Gasteiger partial charge in [0.25, 0.3) is 0 Å². The third-order valence-corrected chi connectivity index (χ3v) is 5.68. The maximum absolute atomic E-state index is 12.5. The van der Waals surface area contributed by atoms with E-state index in [1.807, 2.05) is 17.2 Å². The number of piperazine rings is 1. The predicted molar refractivity (Wildman–Crippen MR) is 110 cm³/mol. The van der Waals surface area contributed by atoms with Crippen LogP contribution in [0.4, 0.5) is 10.5 Å². The van der Waals surface area contributed by atoms with E-state index in [4.69, 9.17) is 0 Å². The zero-order valence-electron chi connectivity index (χ0n) is 16.9. The smallest absolute Gasteiger partial charge is 0.317 e. The largest absolute Gasteiger partial charge is 0.367 e. The van der Waals surface area contributed by atoms with E-state index >= 15 is 0 Å². The number of likely N-dealkylation sites (tertiary alicyclic amines) is 1. The number of urea groups is 1. The zero-order valence-corrected chi connectivity index (χ0v) is 16.9. The molecule has 2 aliphatic heterocycles. The Labute approximate surface area is 163 Å². The van der Waals surface area contributed by atoms with Gasteiger partial charge in [0, 0.05) is 51.5 Å². The molecule has 0 aliphatic carbocycles. The number of hydrogen-bond donors (Lipinski definition) is 1. The molecule has 6 heteroatoms. The molecule has 0 radical (unpaired) electrons. The van der Waals surface area contributed by atoms with Gasteiger partial charge < -0.3 is 20.0 Å². The van der Waals surface area contributed by atoms with Gasteiger partial charge in [-0.3, -0.25) is 4.98 Å². The van der Waals surface area contributed by atoms with E-state index in [0.717, 1.165) is 44.8 Å². The number of nitrogens with zero attached hydrogens (tertiary/aromatic N) is 4. The van der Waals surface area contributed by atoms with Crippen LogP contribution in [-0.2, 0) is 0 Å². The van der Waals surface area contributed by atoms with Crippen molar-refractivity contribution >= 4 is 11.7 Å². The summed E-state index contributed by atoms with van der Waals surface area (Å²) in [5.41, 5.74) is 1.14. The van der Waals surface area contributed by atoms with Crippen molar-refractivity contribution in [3.05, 3.63) is 24.5 Å². The molecule has 3 rings (SSSR count). The molecular formula is C21H35N5O. The summed E-state index contributed by atoms with van der Waals surface area (Å²) < 4.78 is 0. The Hall–Kier alpha value is -1.82. The fourth-order valence-electron chi connectivity index (χ4n) is 4.26. The first-order chi connectivity index (χ1) is 13.1. The van der Waals surface area contributed by atoms with Gasteiger partial charge in [0.2, 0.25) is 0 Å². The lowest BCUT2D eigenvalue weighted by molar-refractivity contribution is 0.124. The van der Waals surface area contributed by atoms with Gasteiger partial charge in [0.1, 0.15) is 0 Å². The SMILES string of the molecule is CC(C)CN1CCCC[C@@H]1CCNC(=O)N1CCN(c2cccnc2)CC1. The Kier molecular flexibility index (Phi) is 7.33. The number of nitrogens with one attached hydrogen (secondary N) is 1. The molecule has 1 N–H and O–H groups in total. The standard InChI is InChI=1S/C21H35N5O/c1-18(2)17-26-11-4-3-6-19(26)8-10-23-21(27)25-14-12-24(13-15-25)20-7-5-9-22-16-20/h5,7,9,16,18-19H,3-4,6,8,10-15,17H2,1-2H3,(H,23,27)/t19-/m1/s1. The Bertz CT molecular complexity index is 571. The number of anilines is 1. The van der Waals surface area contributed by atoms with Crippen LogP contribution in [0.1, 0.15) is 39.5 Å². The van der Waals surface area contributed by atoms with Gasteiger partial charge in [-0.2, -0.15) is 0 Å². The van der Waals surface area contributed by atoms with Crippen molar-refractivity contribution in [2.45, 2.75) is 45.6 Å². The van der Waals surface area contributed by atoms with Crippen LogP contribution in [0.5, 0.6) is 0 Å².